The highest BCUT2D eigenvalue weighted by atomic mass is 16.5. The summed E-state index contributed by atoms with van der Waals surface area (Å²) >= 11 is 0. The van der Waals surface area contributed by atoms with Gasteiger partial charge in [0, 0.05) is 24.5 Å². The molecule has 0 fully saturated rings. The molecule has 0 radical (unpaired) electrons. The van der Waals surface area contributed by atoms with E-state index in [-0.39, 0.29) is 11.8 Å². The van der Waals surface area contributed by atoms with Gasteiger partial charge < -0.3 is 24.7 Å². The van der Waals surface area contributed by atoms with E-state index in [1.165, 1.54) is 14.2 Å². The Morgan fingerprint density at radius 3 is 2.03 bits per heavy atom. The summed E-state index contributed by atoms with van der Waals surface area (Å²) in [6.07, 6.45) is 1.66. The molecule has 0 atom stereocenters. The van der Waals surface area contributed by atoms with Gasteiger partial charge in [0.15, 0.2) is 0 Å². The van der Waals surface area contributed by atoms with Gasteiger partial charge in [-0.15, -0.1) is 0 Å². The molecule has 0 aliphatic carbocycles. The Balaban J connectivity index is 1.35. The fraction of sp³-hybridized carbons (Fsp3) is 0.103. The number of para-hydroxylation sites is 2. The third kappa shape index (κ3) is 4.77. The van der Waals surface area contributed by atoms with Crippen molar-refractivity contribution in [3.63, 3.8) is 0 Å². The van der Waals surface area contributed by atoms with Crippen LogP contribution in [0.4, 0.5) is 11.5 Å². The molecule has 0 saturated carbocycles. The van der Waals surface area contributed by atoms with Gasteiger partial charge in [0.1, 0.15) is 23.1 Å². The van der Waals surface area contributed by atoms with E-state index in [4.69, 9.17) is 14.5 Å². The van der Waals surface area contributed by atoms with Gasteiger partial charge in [-0.25, -0.2) is 9.97 Å². The molecule has 2 aromatic heterocycles. The van der Waals surface area contributed by atoms with Crippen LogP contribution in [0, 0.1) is 0 Å². The highest BCUT2D eigenvalue weighted by Gasteiger charge is 2.16. The summed E-state index contributed by atoms with van der Waals surface area (Å²) in [7, 11) is 4.95. The molecule has 38 heavy (non-hydrogen) atoms. The maximum atomic E-state index is 12.8. The highest BCUT2D eigenvalue weighted by Crippen LogP contribution is 2.27. The lowest BCUT2D eigenvalue weighted by Gasteiger charge is -2.10. The van der Waals surface area contributed by atoms with Crippen molar-refractivity contribution in [2.24, 2.45) is 7.05 Å². The summed E-state index contributed by atoms with van der Waals surface area (Å²) in [5.74, 6) is 1.52. The number of anilines is 2. The Labute approximate surface area is 219 Å². The first-order valence-electron chi connectivity index (χ1n) is 11.8. The van der Waals surface area contributed by atoms with Crippen LogP contribution >= 0.6 is 0 Å². The topological polar surface area (TPSA) is 107 Å². The molecule has 0 spiro atoms. The number of hydrogen-bond donors (Lipinski definition) is 2. The summed E-state index contributed by atoms with van der Waals surface area (Å²) in [4.78, 5) is 34.6. The number of carbonyl (C=O) groups is 2. The lowest BCUT2D eigenvalue weighted by molar-refractivity contribution is 0.101. The molecule has 5 aromatic rings. The number of aryl methyl sites for hydroxylation is 1. The average molecular weight is 508 g/mol. The summed E-state index contributed by atoms with van der Waals surface area (Å²) in [5.41, 5.74) is 3.89. The second-order valence-corrected chi connectivity index (χ2v) is 8.44. The zero-order valence-electron chi connectivity index (χ0n) is 21.1. The maximum absolute atomic E-state index is 12.8. The third-order valence-corrected chi connectivity index (χ3v) is 6.11. The van der Waals surface area contributed by atoms with E-state index in [1.54, 1.807) is 60.8 Å². The van der Waals surface area contributed by atoms with E-state index >= 15 is 0 Å². The molecular formula is C29H25N5O4. The van der Waals surface area contributed by atoms with Gasteiger partial charge in [-0.05, 0) is 54.6 Å². The standard InChI is InChI=1S/C29H25N5O4/c1-34-23-16-19(31-28(35)20-8-4-6-10-24(20)37-2)13-14-22(23)32-27(34)18-12-15-26(30-17-18)33-29(36)21-9-5-7-11-25(21)38-3/h4-17H,1-3H3,(H,31,35)(H,30,33,36). The van der Waals surface area contributed by atoms with Gasteiger partial charge in [0.05, 0.1) is 36.4 Å². The lowest BCUT2D eigenvalue weighted by atomic mass is 10.2. The largest absolute Gasteiger partial charge is 0.496 e. The molecule has 0 aliphatic heterocycles. The number of hydrogen-bond acceptors (Lipinski definition) is 6. The van der Waals surface area contributed by atoms with Crippen LogP contribution in [0.3, 0.4) is 0 Å². The minimum absolute atomic E-state index is 0.265. The summed E-state index contributed by atoms with van der Waals surface area (Å²) in [5, 5.41) is 5.72. The number of fused-ring (bicyclic) bond motifs is 1. The average Bonchev–Trinajstić information content (AvgIpc) is 3.28. The number of amides is 2. The van der Waals surface area contributed by atoms with Gasteiger partial charge in [0.25, 0.3) is 11.8 Å². The maximum Gasteiger partial charge on any atom is 0.260 e. The number of rotatable bonds is 7. The molecule has 2 amide bonds. The summed E-state index contributed by atoms with van der Waals surface area (Å²) in [6.45, 7) is 0. The number of carbonyl (C=O) groups excluding carboxylic acids is 2. The molecule has 5 rings (SSSR count). The molecular weight excluding hydrogens is 482 g/mol. The molecule has 9 nitrogen and oxygen atoms in total. The van der Waals surface area contributed by atoms with Crippen molar-refractivity contribution in [2.75, 3.05) is 24.9 Å². The minimum atomic E-state index is -0.312. The number of imidazole rings is 1. The van der Waals surface area contributed by atoms with Gasteiger partial charge in [0.2, 0.25) is 0 Å². The molecule has 9 heteroatoms. The second kappa shape index (κ2) is 10.4. The number of ether oxygens (including phenoxy) is 2. The van der Waals surface area contributed by atoms with E-state index in [2.05, 4.69) is 15.6 Å². The van der Waals surface area contributed by atoms with E-state index < -0.39 is 0 Å². The molecule has 0 unspecified atom stereocenters. The Kier molecular flexibility index (Phi) is 6.73. The number of nitrogens with zero attached hydrogens (tertiary/aromatic N) is 3. The highest BCUT2D eigenvalue weighted by molar-refractivity contribution is 6.07. The van der Waals surface area contributed by atoms with E-state index in [1.807, 2.05) is 35.9 Å². The SMILES string of the molecule is COc1ccccc1C(=O)Nc1ccc2nc(-c3ccc(NC(=O)c4ccccc4OC)nc3)n(C)c2c1. The minimum Gasteiger partial charge on any atom is -0.496 e. The Morgan fingerprint density at radius 2 is 1.42 bits per heavy atom. The van der Waals surface area contributed by atoms with Crippen LogP contribution in [-0.2, 0) is 7.05 Å². The van der Waals surface area contributed by atoms with Gasteiger partial charge in [-0.3, -0.25) is 9.59 Å². The van der Waals surface area contributed by atoms with Crippen molar-refractivity contribution in [3.8, 4) is 22.9 Å². The molecule has 0 saturated heterocycles. The number of benzene rings is 3. The van der Waals surface area contributed by atoms with Crippen molar-refractivity contribution < 1.29 is 19.1 Å². The quantitative estimate of drug-likeness (QED) is 0.315. The van der Waals surface area contributed by atoms with Crippen LogP contribution in [-0.4, -0.2) is 40.6 Å². The van der Waals surface area contributed by atoms with E-state index in [9.17, 15) is 9.59 Å². The Bertz CT molecular complexity index is 1640. The monoisotopic (exact) mass is 507 g/mol. The zero-order valence-corrected chi connectivity index (χ0v) is 21.1. The molecule has 2 N–H and O–H groups in total. The number of aromatic nitrogens is 3. The Morgan fingerprint density at radius 1 is 0.789 bits per heavy atom. The summed E-state index contributed by atoms with van der Waals surface area (Å²) in [6, 6.07) is 23.1. The predicted molar refractivity (Wildman–Crippen MR) is 146 cm³/mol. The molecule has 0 aliphatic rings. The van der Waals surface area contributed by atoms with Crippen molar-refractivity contribution >= 4 is 34.4 Å². The molecule has 0 bridgehead atoms. The molecule has 2 heterocycles. The van der Waals surface area contributed by atoms with Gasteiger partial charge >= 0.3 is 0 Å². The van der Waals surface area contributed by atoms with Crippen LogP contribution in [0.1, 0.15) is 20.7 Å². The first kappa shape index (κ1) is 24.5. The Hall–Kier alpha value is -5.18. The van der Waals surface area contributed by atoms with Crippen molar-refractivity contribution in [3.05, 3.63) is 96.2 Å². The van der Waals surface area contributed by atoms with Crippen LogP contribution < -0.4 is 20.1 Å². The zero-order chi connectivity index (χ0) is 26.6. The number of nitrogens with one attached hydrogen (secondary N) is 2. The smallest absolute Gasteiger partial charge is 0.260 e. The number of methoxy groups -OCH3 is 2. The van der Waals surface area contributed by atoms with Crippen LogP contribution in [0.5, 0.6) is 11.5 Å². The molecule has 190 valence electrons. The predicted octanol–water partition coefficient (Wildman–Crippen LogP) is 5.16. The van der Waals surface area contributed by atoms with Crippen molar-refractivity contribution in [2.45, 2.75) is 0 Å². The van der Waals surface area contributed by atoms with E-state index in [0.717, 1.165) is 16.6 Å². The fourth-order valence-electron chi connectivity index (χ4n) is 4.17. The molecule has 3 aromatic carbocycles. The van der Waals surface area contributed by atoms with Crippen molar-refractivity contribution in [1.82, 2.24) is 14.5 Å². The summed E-state index contributed by atoms with van der Waals surface area (Å²) < 4.78 is 12.5. The van der Waals surface area contributed by atoms with Gasteiger partial charge in [-0.2, -0.15) is 0 Å². The number of pyridine rings is 1. The lowest BCUT2D eigenvalue weighted by Crippen LogP contribution is -2.14. The third-order valence-electron chi connectivity index (χ3n) is 6.11. The van der Waals surface area contributed by atoms with Gasteiger partial charge in [-0.1, -0.05) is 24.3 Å². The second-order valence-electron chi connectivity index (χ2n) is 8.44. The normalized spacial score (nSPS) is 10.7. The first-order chi connectivity index (χ1) is 18.5. The van der Waals surface area contributed by atoms with Crippen LogP contribution in [0.15, 0.2) is 85.1 Å². The van der Waals surface area contributed by atoms with Crippen LogP contribution in [0.2, 0.25) is 0 Å². The first-order valence-corrected chi connectivity index (χ1v) is 11.8. The van der Waals surface area contributed by atoms with Crippen molar-refractivity contribution in [1.29, 1.82) is 0 Å². The van der Waals surface area contributed by atoms with E-state index in [0.29, 0.717) is 40.0 Å². The van der Waals surface area contributed by atoms with Crippen LogP contribution in [0.25, 0.3) is 22.4 Å². The fourth-order valence-corrected chi connectivity index (χ4v) is 4.17.